The Morgan fingerprint density at radius 1 is 1.14 bits per heavy atom. The van der Waals surface area contributed by atoms with Gasteiger partial charge < -0.3 is 5.32 Å². The number of aryl methyl sites for hydroxylation is 2. The summed E-state index contributed by atoms with van der Waals surface area (Å²) >= 11 is 1.21. The fourth-order valence-corrected chi connectivity index (χ4v) is 3.28. The summed E-state index contributed by atoms with van der Waals surface area (Å²) in [7, 11) is 0. The number of nitrogens with one attached hydrogen (secondary N) is 1. The van der Waals surface area contributed by atoms with Crippen molar-refractivity contribution in [2.45, 2.75) is 19.9 Å². The molecule has 112 valence electrons. The van der Waals surface area contributed by atoms with E-state index in [9.17, 15) is 9.59 Å². The van der Waals surface area contributed by atoms with E-state index in [4.69, 9.17) is 0 Å². The van der Waals surface area contributed by atoms with Crippen LogP contribution in [0.2, 0.25) is 0 Å². The van der Waals surface area contributed by atoms with Gasteiger partial charge in [0.1, 0.15) is 0 Å². The van der Waals surface area contributed by atoms with Gasteiger partial charge in [-0.05, 0) is 30.7 Å². The van der Waals surface area contributed by atoms with Crippen molar-refractivity contribution in [3.8, 4) is 0 Å². The predicted octanol–water partition coefficient (Wildman–Crippen LogP) is 3.40. The van der Waals surface area contributed by atoms with Crippen LogP contribution < -0.4 is 10.2 Å². The molecule has 3 aromatic rings. The van der Waals surface area contributed by atoms with Crippen molar-refractivity contribution in [3.63, 3.8) is 0 Å². The molecular weight excluding hydrogens is 296 g/mol. The zero-order valence-corrected chi connectivity index (χ0v) is 13.0. The Balaban J connectivity index is 1.72. The number of carbonyl (C=O) groups is 1. The highest BCUT2D eigenvalue weighted by Crippen LogP contribution is 2.17. The van der Waals surface area contributed by atoms with E-state index < -0.39 is 0 Å². The van der Waals surface area contributed by atoms with Crippen molar-refractivity contribution in [1.82, 2.24) is 4.57 Å². The van der Waals surface area contributed by atoms with Gasteiger partial charge in [0.25, 0.3) is 0 Å². The van der Waals surface area contributed by atoms with Gasteiger partial charge in [0.05, 0.1) is 10.2 Å². The van der Waals surface area contributed by atoms with Crippen LogP contribution in [-0.2, 0) is 11.3 Å². The van der Waals surface area contributed by atoms with Crippen LogP contribution in [0.15, 0.2) is 53.3 Å². The third-order valence-electron chi connectivity index (χ3n) is 3.56. The first kappa shape index (κ1) is 14.5. The number of hydrogen-bond acceptors (Lipinski definition) is 3. The molecule has 1 heterocycles. The second-order valence-corrected chi connectivity index (χ2v) is 6.09. The van der Waals surface area contributed by atoms with E-state index in [0.717, 1.165) is 21.5 Å². The zero-order chi connectivity index (χ0) is 15.5. The molecule has 22 heavy (non-hydrogen) atoms. The number of thiazole rings is 1. The van der Waals surface area contributed by atoms with Crippen LogP contribution in [0, 0.1) is 6.92 Å². The lowest BCUT2D eigenvalue weighted by molar-refractivity contribution is -0.116. The Hall–Kier alpha value is -2.40. The van der Waals surface area contributed by atoms with Crippen molar-refractivity contribution in [1.29, 1.82) is 0 Å². The number of nitrogens with zero attached hydrogens (tertiary/aromatic N) is 1. The van der Waals surface area contributed by atoms with Crippen LogP contribution in [0.25, 0.3) is 10.2 Å². The zero-order valence-electron chi connectivity index (χ0n) is 12.2. The third kappa shape index (κ3) is 2.94. The fraction of sp³-hybridized carbons (Fsp3) is 0.176. The molecule has 1 aromatic heterocycles. The highest BCUT2D eigenvalue weighted by molar-refractivity contribution is 7.16. The van der Waals surface area contributed by atoms with Gasteiger partial charge in [-0.2, -0.15) is 0 Å². The minimum atomic E-state index is -0.0866. The summed E-state index contributed by atoms with van der Waals surface area (Å²) in [5.41, 5.74) is 2.73. The van der Waals surface area contributed by atoms with Crippen molar-refractivity contribution < 1.29 is 4.79 Å². The lowest BCUT2D eigenvalue weighted by atomic mass is 10.2. The molecule has 0 unspecified atom stereocenters. The van der Waals surface area contributed by atoms with Gasteiger partial charge in [0.15, 0.2) is 0 Å². The summed E-state index contributed by atoms with van der Waals surface area (Å²) < 4.78 is 2.61. The summed E-state index contributed by atoms with van der Waals surface area (Å²) in [6, 6.07) is 15.3. The first-order valence-corrected chi connectivity index (χ1v) is 7.90. The number of aromatic nitrogens is 1. The van der Waals surface area contributed by atoms with Crippen molar-refractivity contribution >= 4 is 33.1 Å². The number of amides is 1. The van der Waals surface area contributed by atoms with E-state index in [2.05, 4.69) is 5.32 Å². The minimum Gasteiger partial charge on any atom is -0.326 e. The molecule has 0 saturated carbocycles. The lowest BCUT2D eigenvalue weighted by Crippen LogP contribution is -2.19. The summed E-state index contributed by atoms with van der Waals surface area (Å²) in [6.45, 7) is 2.34. The Labute approximate surface area is 132 Å². The molecule has 0 fully saturated rings. The topological polar surface area (TPSA) is 51.1 Å². The Kier molecular flexibility index (Phi) is 4.06. The smallest absolute Gasteiger partial charge is 0.308 e. The van der Waals surface area contributed by atoms with E-state index in [-0.39, 0.29) is 17.2 Å². The van der Waals surface area contributed by atoms with E-state index >= 15 is 0 Å². The molecule has 0 aliphatic heterocycles. The Morgan fingerprint density at radius 2 is 1.86 bits per heavy atom. The molecule has 0 aliphatic rings. The maximum atomic E-state index is 12.1. The Morgan fingerprint density at radius 3 is 2.68 bits per heavy atom. The van der Waals surface area contributed by atoms with Crippen LogP contribution in [0.1, 0.15) is 12.0 Å². The molecule has 5 heteroatoms. The van der Waals surface area contributed by atoms with Crippen LogP contribution in [0.4, 0.5) is 5.69 Å². The molecule has 0 bridgehead atoms. The Bertz CT molecular complexity index is 879. The first-order chi connectivity index (χ1) is 10.6. The van der Waals surface area contributed by atoms with Crippen LogP contribution in [0.5, 0.6) is 0 Å². The van der Waals surface area contributed by atoms with E-state index in [1.165, 1.54) is 11.3 Å². The average molecular weight is 312 g/mol. The van der Waals surface area contributed by atoms with Crippen LogP contribution in [0.3, 0.4) is 0 Å². The number of rotatable bonds is 4. The van der Waals surface area contributed by atoms with Crippen LogP contribution in [-0.4, -0.2) is 10.5 Å². The molecule has 0 spiro atoms. The number of fused-ring (bicyclic) bond motifs is 1. The first-order valence-electron chi connectivity index (χ1n) is 7.09. The molecule has 0 radical (unpaired) electrons. The minimum absolute atomic E-state index is 0.0232. The number of anilines is 1. The molecule has 2 aromatic carbocycles. The number of carbonyl (C=O) groups excluding carboxylic acids is 1. The third-order valence-corrected chi connectivity index (χ3v) is 4.52. The highest BCUT2D eigenvalue weighted by Gasteiger charge is 2.09. The molecule has 0 saturated heterocycles. The second kappa shape index (κ2) is 6.15. The maximum Gasteiger partial charge on any atom is 0.308 e. The second-order valence-electron chi connectivity index (χ2n) is 5.10. The van der Waals surface area contributed by atoms with Gasteiger partial charge in [-0.15, -0.1) is 0 Å². The molecule has 4 nitrogen and oxygen atoms in total. The van der Waals surface area contributed by atoms with Crippen molar-refractivity contribution in [2.24, 2.45) is 0 Å². The fourth-order valence-electron chi connectivity index (χ4n) is 2.36. The van der Waals surface area contributed by atoms with Gasteiger partial charge in [0, 0.05) is 18.7 Å². The highest BCUT2D eigenvalue weighted by atomic mass is 32.1. The van der Waals surface area contributed by atoms with Gasteiger partial charge in [0.2, 0.25) is 5.91 Å². The van der Waals surface area contributed by atoms with Gasteiger partial charge >= 0.3 is 4.87 Å². The van der Waals surface area contributed by atoms with E-state index in [0.29, 0.717) is 6.54 Å². The van der Waals surface area contributed by atoms with Crippen molar-refractivity contribution in [2.75, 3.05) is 5.32 Å². The van der Waals surface area contributed by atoms with Crippen molar-refractivity contribution in [3.05, 3.63) is 63.8 Å². The summed E-state index contributed by atoms with van der Waals surface area (Å²) in [5, 5.41) is 2.89. The monoisotopic (exact) mass is 312 g/mol. The largest absolute Gasteiger partial charge is 0.326 e. The molecular formula is C17H16N2O2S. The molecule has 3 rings (SSSR count). The van der Waals surface area contributed by atoms with Gasteiger partial charge in [-0.25, -0.2) is 0 Å². The quantitative estimate of drug-likeness (QED) is 0.802. The van der Waals surface area contributed by atoms with Gasteiger partial charge in [-0.3, -0.25) is 14.2 Å². The summed E-state index contributed by atoms with van der Waals surface area (Å²) in [4.78, 5) is 24.1. The SMILES string of the molecule is Cc1ccccc1NC(=O)CCn1c(=O)sc2ccccc21. The van der Waals surface area contributed by atoms with E-state index in [1.807, 2.05) is 55.5 Å². The summed E-state index contributed by atoms with van der Waals surface area (Å²) in [5.74, 6) is -0.0866. The molecule has 1 N–H and O–H groups in total. The number of hydrogen-bond donors (Lipinski definition) is 1. The molecule has 0 aliphatic carbocycles. The average Bonchev–Trinajstić information content (AvgIpc) is 2.83. The maximum absolute atomic E-state index is 12.1. The standard InChI is InChI=1S/C17H16N2O2S/c1-12-6-2-3-7-13(12)18-16(20)10-11-19-14-8-4-5-9-15(14)22-17(19)21/h2-9H,10-11H2,1H3,(H,18,20). The summed E-state index contributed by atoms with van der Waals surface area (Å²) in [6.07, 6.45) is 0.273. The number of benzene rings is 2. The molecule has 0 atom stereocenters. The molecule has 1 amide bonds. The normalized spacial score (nSPS) is 10.8. The van der Waals surface area contributed by atoms with E-state index in [1.54, 1.807) is 4.57 Å². The van der Waals surface area contributed by atoms with Gasteiger partial charge in [-0.1, -0.05) is 41.7 Å². The predicted molar refractivity (Wildman–Crippen MR) is 90.5 cm³/mol. The number of para-hydroxylation sites is 2. The van der Waals surface area contributed by atoms with Crippen LogP contribution >= 0.6 is 11.3 Å². The lowest BCUT2D eigenvalue weighted by Gasteiger charge is -2.08.